The number of rotatable bonds is 5. The first kappa shape index (κ1) is 11.5. The number of hydrogen-bond donors (Lipinski definition) is 2. The van der Waals surface area contributed by atoms with Crippen LogP contribution >= 0.6 is 0 Å². The van der Waals surface area contributed by atoms with Gasteiger partial charge >= 0.3 is 5.97 Å². The molecule has 1 rings (SSSR count). The lowest BCUT2D eigenvalue weighted by Crippen LogP contribution is -2.13. The van der Waals surface area contributed by atoms with Gasteiger partial charge in [-0.15, -0.1) is 0 Å². The van der Waals surface area contributed by atoms with E-state index in [0.717, 1.165) is 17.3 Å². The highest BCUT2D eigenvalue weighted by molar-refractivity contribution is 5.79. The highest BCUT2D eigenvalue weighted by atomic mass is 16.4. The van der Waals surface area contributed by atoms with E-state index in [9.17, 15) is 4.79 Å². The molecule has 0 saturated heterocycles. The van der Waals surface area contributed by atoms with Gasteiger partial charge in [-0.1, -0.05) is 6.08 Å². The highest BCUT2D eigenvalue weighted by Crippen LogP contribution is 2.04. The van der Waals surface area contributed by atoms with E-state index < -0.39 is 5.97 Å². The van der Waals surface area contributed by atoms with E-state index in [1.807, 2.05) is 24.9 Å². The second-order valence-electron chi connectivity index (χ2n) is 3.25. The Morgan fingerprint density at radius 3 is 3.00 bits per heavy atom. The number of hydrogen-bond acceptors (Lipinski definition) is 3. The number of carboxylic acids is 1. The van der Waals surface area contributed by atoms with Crippen molar-refractivity contribution in [2.24, 2.45) is 7.05 Å². The lowest BCUT2D eigenvalue weighted by atomic mass is 10.2. The largest absolute Gasteiger partial charge is 0.478 e. The number of carbonyl (C=O) groups is 1. The number of aryl methyl sites for hydroxylation is 1. The van der Waals surface area contributed by atoms with Crippen LogP contribution in [0.1, 0.15) is 11.3 Å². The van der Waals surface area contributed by atoms with Gasteiger partial charge in [0.05, 0.1) is 6.20 Å². The van der Waals surface area contributed by atoms with E-state index in [1.54, 1.807) is 6.08 Å². The fourth-order valence-corrected chi connectivity index (χ4v) is 1.17. The molecule has 0 aliphatic heterocycles. The molecule has 0 unspecified atom stereocenters. The third kappa shape index (κ3) is 3.55. The van der Waals surface area contributed by atoms with Gasteiger partial charge in [0.25, 0.3) is 0 Å². The number of carboxylic acid groups (broad SMARTS) is 1. The predicted molar refractivity (Wildman–Crippen MR) is 56.4 cm³/mol. The predicted octanol–water partition coefficient (Wildman–Crippen LogP) is 0.459. The van der Waals surface area contributed by atoms with Crippen molar-refractivity contribution in [3.05, 3.63) is 29.6 Å². The first-order chi connectivity index (χ1) is 7.11. The molecule has 0 bridgehead atoms. The van der Waals surface area contributed by atoms with Crippen LogP contribution in [0, 0.1) is 6.92 Å². The lowest BCUT2D eigenvalue weighted by molar-refractivity contribution is -0.131. The quantitative estimate of drug-likeness (QED) is 0.546. The van der Waals surface area contributed by atoms with E-state index in [0.29, 0.717) is 13.1 Å². The van der Waals surface area contributed by atoms with Crippen LogP contribution in [0.4, 0.5) is 0 Å². The third-order valence-electron chi connectivity index (χ3n) is 2.17. The van der Waals surface area contributed by atoms with E-state index in [2.05, 4.69) is 10.4 Å². The minimum Gasteiger partial charge on any atom is -0.478 e. The molecule has 0 aliphatic rings. The van der Waals surface area contributed by atoms with E-state index in [4.69, 9.17) is 5.11 Å². The molecule has 5 heteroatoms. The van der Waals surface area contributed by atoms with Gasteiger partial charge in [-0.25, -0.2) is 4.79 Å². The van der Waals surface area contributed by atoms with Crippen LogP contribution in [0.3, 0.4) is 0 Å². The Labute approximate surface area is 88.4 Å². The standard InChI is InChI=1S/C10H15N3O2/c1-8-9(7-12-13(8)2)6-11-5-3-4-10(14)15/h3-4,7,11H,5-6H2,1-2H3,(H,14,15)/b4-3+. The summed E-state index contributed by atoms with van der Waals surface area (Å²) in [5.74, 6) is -0.922. The summed E-state index contributed by atoms with van der Waals surface area (Å²) in [4.78, 5) is 10.2. The van der Waals surface area contributed by atoms with Crippen molar-refractivity contribution in [2.75, 3.05) is 6.54 Å². The molecular formula is C10H15N3O2. The molecule has 82 valence electrons. The van der Waals surface area contributed by atoms with Crippen molar-refractivity contribution in [3.63, 3.8) is 0 Å². The van der Waals surface area contributed by atoms with Gasteiger partial charge in [0.2, 0.25) is 0 Å². The zero-order valence-electron chi connectivity index (χ0n) is 8.90. The van der Waals surface area contributed by atoms with Gasteiger partial charge in [0.1, 0.15) is 0 Å². The Morgan fingerprint density at radius 2 is 2.47 bits per heavy atom. The van der Waals surface area contributed by atoms with Crippen LogP contribution in [0.15, 0.2) is 18.3 Å². The molecule has 0 fully saturated rings. The molecule has 0 aromatic carbocycles. The second-order valence-corrected chi connectivity index (χ2v) is 3.25. The van der Waals surface area contributed by atoms with Gasteiger partial charge in [0.15, 0.2) is 0 Å². The maximum absolute atomic E-state index is 10.2. The average molecular weight is 209 g/mol. The van der Waals surface area contributed by atoms with E-state index in [-0.39, 0.29) is 0 Å². The molecule has 0 aliphatic carbocycles. The monoisotopic (exact) mass is 209 g/mol. The fourth-order valence-electron chi connectivity index (χ4n) is 1.17. The molecule has 1 heterocycles. The van der Waals surface area contributed by atoms with Crippen molar-refractivity contribution in [1.82, 2.24) is 15.1 Å². The summed E-state index contributed by atoms with van der Waals surface area (Å²) in [7, 11) is 1.89. The minimum atomic E-state index is -0.922. The van der Waals surface area contributed by atoms with Gasteiger partial charge in [-0.3, -0.25) is 4.68 Å². The van der Waals surface area contributed by atoms with Crippen LogP contribution in [0.2, 0.25) is 0 Å². The van der Waals surface area contributed by atoms with Crippen LogP contribution in [-0.4, -0.2) is 27.4 Å². The lowest BCUT2D eigenvalue weighted by Gasteiger charge is -2.00. The summed E-state index contributed by atoms with van der Waals surface area (Å²) < 4.78 is 1.81. The van der Waals surface area contributed by atoms with Crippen molar-refractivity contribution in [3.8, 4) is 0 Å². The normalized spacial score (nSPS) is 11.1. The SMILES string of the molecule is Cc1c(CNC/C=C/C(=O)O)cnn1C. The van der Waals surface area contributed by atoms with E-state index in [1.165, 1.54) is 0 Å². The molecular weight excluding hydrogens is 194 g/mol. The Bertz CT molecular complexity index is 369. The highest BCUT2D eigenvalue weighted by Gasteiger charge is 2.01. The maximum atomic E-state index is 10.2. The van der Waals surface area contributed by atoms with Gasteiger partial charge < -0.3 is 10.4 Å². The summed E-state index contributed by atoms with van der Waals surface area (Å²) in [6.07, 6.45) is 4.51. The first-order valence-electron chi connectivity index (χ1n) is 4.69. The molecule has 0 amide bonds. The van der Waals surface area contributed by atoms with Crippen molar-refractivity contribution in [1.29, 1.82) is 0 Å². The molecule has 0 atom stereocenters. The smallest absolute Gasteiger partial charge is 0.328 e. The molecule has 0 saturated carbocycles. The summed E-state index contributed by atoms with van der Waals surface area (Å²) >= 11 is 0. The zero-order valence-corrected chi connectivity index (χ0v) is 8.90. The average Bonchev–Trinajstić information content (AvgIpc) is 2.48. The van der Waals surface area contributed by atoms with Crippen molar-refractivity contribution >= 4 is 5.97 Å². The topological polar surface area (TPSA) is 67.2 Å². The van der Waals surface area contributed by atoms with Gasteiger partial charge in [-0.2, -0.15) is 5.10 Å². The Kier molecular flexibility index (Phi) is 4.05. The first-order valence-corrected chi connectivity index (χ1v) is 4.69. The van der Waals surface area contributed by atoms with E-state index >= 15 is 0 Å². The maximum Gasteiger partial charge on any atom is 0.328 e. The number of nitrogens with zero attached hydrogens (tertiary/aromatic N) is 2. The number of nitrogens with one attached hydrogen (secondary N) is 1. The third-order valence-corrected chi connectivity index (χ3v) is 2.17. The molecule has 0 radical (unpaired) electrons. The second kappa shape index (κ2) is 5.31. The minimum absolute atomic E-state index is 0.542. The van der Waals surface area contributed by atoms with Crippen molar-refractivity contribution < 1.29 is 9.90 Å². The Hall–Kier alpha value is -1.62. The summed E-state index contributed by atoms with van der Waals surface area (Å²) in [6.45, 7) is 3.24. The molecule has 1 aromatic heterocycles. The van der Waals surface area contributed by atoms with Gasteiger partial charge in [-0.05, 0) is 6.92 Å². The van der Waals surface area contributed by atoms with Crippen LogP contribution in [0.25, 0.3) is 0 Å². The Morgan fingerprint density at radius 1 is 1.73 bits per heavy atom. The molecule has 2 N–H and O–H groups in total. The van der Waals surface area contributed by atoms with Crippen LogP contribution in [0.5, 0.6) is 0 Å². The summed E-state index contributed by atoms with van der Waals surface area (Å²) in [5.41, 5.74) is 2.24. The molecule has 0 spiro atoms. The fraction of sp³-hybridized carbons (Fsp3) is 0.400. The van der Waals surface area contributed by atoms with Crippen LogP contribution < -0.4 is 5.32 Å². The number of aliphatic carboxylic acids is 1. The summed E-state index contributed by atoms with van der Waals surface area (Å²) in [5, 5.41) is 15.6. The molecule has 5 nitrogen and oxygen atoms in total. The molecule has 1 aromatic rings. The Balaban J connectivity index is 2.32. The van der Waals surface area contributed by atoms with Crippen LogP contribution in [-0.2, 0) is 18.4 Å². The summed E-state index contributed by atoms with van der Waals surface area (Å²) in [6, 6.07) is 0. The molecule has 15 heavy (non-hydrogen) atoms. The zero-order chi connectivity index (χ0) is 11.3. The van der Waals surface area contributed by atoms with Crippen molar-refractivity contribution in [2.45, 2.75) is 13.5 Å². The van der Waals surface area contributed by atoms with Gasteiger partial charge in [0, 0.05) is 37.5 Å². The number of aromatic nitrogens is 2.